The molecule has 1 amide bonds. The number of primary sulfonamides is 1. The van der Waals surface area contributed by atoms with Gasteiger partial charge >= 0.3 is 0 Å². The zero-order valence-corrected chi connectivity index (χ0v) is 16.6. The van der Waals surface area contributed by atoms with Gasteiger partial charge in [-0.15, -0.1) is 0 Å². The summed E-state index contributed by atoms with van der Waals surface area (Å²) in [5.41, 5.74) is 2.89. The Morgan fingerprint density at radius 3 is 2.33 bits per heavy atom. The molecule has 8 heteroatoms. The Morgan fingerprint density at radius 1 is 1.07 bits per heavy atom. The molecule has 2 rings (SSSR count). The van der Waals surface area contributed by atoms with Crippen molar-refractivity contribution in [1.29, 1.82) is 0 Å². The maximum atomic E-state index is 12.3. The first-order chi connectivity index (χ1) is 12.7. The molecule has 0 atom stereocenters. The minimum Gasteiger partial charge on any atom is -0.493 e. The fourth-order valence-electron chi connectivity index (χ4n) is 2.63. The summed E-state index contributed by atoms with van der Waals surface area (Å²) in [6.07, 6.45) is 0.729. The van der Waals surface area contributed by atoms with Crippen molar-refractivity contribution in [1.82, 2.24) is 0 Å². The van der Waals surface area contributed by atoms with Crippen LogP contribution in [0.3, 0.4) is 0 Å². The monoisotopic (exact) mass is 392 g/mol. The maximum Gasteiger partial charge on any atom is 0.238 e. The summed E-state index contributed by atoms with van der Waals surface area (Å²) in [5.74, 6) is 0.998. The second-order valence-electron chi connectivity index (χ2n) is 6.20. The largest absolute Gasteiger partial charge is 0.493 e. The number of methoxy groups -OCH3 is 2. The number of nitrogens with one attached hydrogen (secondary N) is 1. The first-order valence-electron chi connectivity index (χ1n) is 8.30. The summed E-state index contributed by atoms with van der Waals surface area (Å²) in [4.78, 5) is 12.3. The molecule has 0 spiro atoms. The Labute approximate surface area is 159 Å². The average Bonchev–Trinajstić information content (AvgIpc) is 2.62. The third-order valence-electron chi connectivity index (χ3n) is 4.33. The van der Waals surface area contributed by atoms with Gasteiger partial charge in [0.25, 0.3) is 0 Å². The van der Waals surface area contributed by atoms with E-state index >= 15 is 0 Å². The Bertz CT molecular complexity index is 955. The molecule has 0 aliphatic rings. The van der Waals surface area contributed by atoms with E-state index in [1.54, 1.807) is 27.2 Å². The number of amides is 1. The second-order valence-corrected chi connectivity index (χ2v) is 7.76. The smallest absolute Gasteiger partial charge is 0.238 e. The predicted molar refractivity (Wildman–Crippen MR) is 104 cm³/mol. The molecule has 0 unspecified atom stereocenters. The normalized spacial score (nSPS) is 11.1. The van der Waals surface area contributed by atoms with Gasteiger partial charge in [-0.1, -0.05) is 6.07 Å². The molecule has 3 N–H and O–H groups in total. The number of aryl methyl sites for hydroxylation is 2. The van der Waals surface area contributed by atoms with E-state index in [0.717, 1.165) is 16.7 Å². The fourth-order valence-corrected chi connectivity index (χ4v) is 3.25. The van der Waals surface area contributed by atoms with E-state index < -0.39 is 10.0 Å². The van der Waals surface area contributed by atoms with Crippen molar-refractivity contribution in [2.24, 2.45) is 5.14 Å². The van der Waals surface area contributed by atoms with Crippen LogP contribution in [0, 0.1) is 13.8 Å². The lowest BCUT2D eigenvalue weighted by molar-refractivity contribution is -0.116. The van der Waals surface area contributed by atoms with E-state index in [0.29, 0.717) is 23.6 Å². The molecule has 0 heterocycles. The molecule has 0 aliphatic carbocycles. The molecule has 0 aromatic heterocycles. The quantitative estimate of drug-likeness (QED) is 0.753. The van der Waals surface area contributed by atoms with Gasteiger partial charge in [-0.05, 0) is 61.2 Å². The highest BCUT2D eigenvalue weighted by Gasteiger charge is 2.14. The highest BCUT2D eigenvalue weighted by Crippen LogP contribution is 2.28. The number of nitrogens with two attached hydrogens (primary N) is 1. The molecular formula is C19H24N2O5S. The van der Waals surface area contributed by atoms with Crippen LogP contribution in [0.15, 0.2) is 35.2 Å². The SMILES string of the molecule is COc1ccc(CCC(=O)Nc2cc(S(N)(=O)=O)cc(C)c2C)cc1OC. The molecule has 0 bridgehead atoms. The van der Waals surface area contributed by atoms with E-state index in [4.69, 9.17) is 14.6 Å². The topological polar surface area (TPSA) is 108 Å². The number of ether oxygens (including phenoxy) is 2. The van der Waals surface area contributed by atoms with Crippen LogP contribution < -0.4 is 19.9 Å². The minimum atomic E-state index is -3.85. The van der Waals surface area contributed by atoms with Gasteiger partial charge in [0.1, 0.15) is 0 Å². The van der Waals surface area contributed by atoms with Crippen molar-refractivity contribution in [3.05, 3.63) is 47.0 Å². The fraction of sp³-hybridized carbons (Fsp3) is 0.316. The molecule has 0 radical (unpaired) electrons. The van der Waals surface area contributed by atoms with Crippen molar-refractivity contribution < 1.29 is 22.7 Å². The second kappa shape index (κ2) is 8.41. The molecule has 0 saturated heterocycles. The molecule has 146 valence electrons. The number of rotatable bonds is 7. The van der Waals surface area contributed by atoms with Crippen LogP contribution in [0.5, 0.6) is 11.5 Å². The van der Waals surface area contributed by atoms with E-state index in [1.165, 1.54) is 12.1 Å². The Balaban J connectivity index is 2.11. The molecule has 2 aromatic carbocycles. The predicted octanol–water partition coefficient (Wildman–Crippen LogP) is 2.54. The summed E-state index contributed by atoms with van der Waals surface area (Å²) in [6.45, 7) is 3.58. The lowest BCUT2D eigenvalue weighted by Crippen LogP contribution is -2.16. The molecule has 0 saturated carbocycles. The Kier molecular flexibility index (Phi) is 6.45. The van der Waals surface area contributed by atoms with Crippen LogP contribution in [-0.4, -0.2) is 28.5 Å². The van der Waals surface area contributed by atoms with Gasteiger partial charge in [-0.25, -0.2) is 13.6 Å². The van der Waals surface area contributed by atoms with Crippen LogP contribution in [-0.2, 0) is 21.2 Å². The highest BCUT2D eigenvalue weighted by molar-refractivity contribution is 7.89. The minimum absolute atomic E-state index is 0.0270. The number of sulfonamides is 1. The van der Waals surface area contributed by atoms with Crippen molar-refractivity contribution in [3.63, 3.8) is 0 Å². The summed E-state index contributed by atoms with van der Waals surface area (Å²) in [7, 11) is -0.733. The van der Waals surface area contributed by atoms with Gasteiger partial charge in [0, 0.05) is 12.1 Å². The van der Waals surface area contributed by atoms with Crippen molar-refractivity contribution >= 4 is 21.6 Å². The third kappa shape index (κ3) is 5.21. The molecule has 0 fully saturated rings. The van der Waals surface area contributed by atoms with Gasteiger partial charge in [0.2, 0.25) is 15.9 Å². The summed E-state index contributed by atoms with van der Waals surface area (Å²) < 4.78 is 33.7. The first kappa shape index (κ1) is 20.7. The van der Waals surface area contributed by atoms with Crippen LogP contribution in [0.2, 0.25) is 0 Å². The van der Waals surface area contributed by atoms with E-state index in [2.05, 4.69) is 5.32 Å². The molecule has 0 aliphatic heterocycles. The molecule has 2 aromatic rings. The van der Waals surface area contributed by atoms with Crippen molar-refractivity contribution in [2.75, 3.05) is 19.5 Å². The molecular weight excluding hydrogens is 368 g/mol. The number of hydrogen-bond acceptors (Lipinski definition) is 5. The van der Waals surface area contributed by atoms with E-state index in [9.17, 15) is 13.2 Å². The van der Waals surface area contributed by atoms with Crippen LogP contribution in [0.4, 0.5) is 5.69 Å². The van der Waals surface area contributed by atoms with Gasteiger partial charge in [-0.3, -0.25) is 4.79 Å². The first-order valence-corrected chi connectivity index (χ1v) is 9.85. The third-order valence-corrected chi connectivity index (χ3v) is 5.22. The highest BCUT2D eigenvalue weighted by atomic mass is 32.2. The average molecular weight is 392 g/mol. The summed E-state index contributed by atoms with van der Waals surface area (Å²) in [6, 6.07) is 8.35. The number of benzene rings is 2. The number of carbonyl (C=O) groups excluding carboxylic acids is 1. The number of carbonyl (C=O) groups is 1. The van der Waals surface area contributed by atoms with Crippen molar-refractivity contribution in [2.45, 2.75) is 31.6 Å². The van der Waals surface area contributed by atoms with Gasteiger partial charge in [0.05, 0.1) is 19.1 Å². The van der Waals surface area contributed by atoms with E-state index in [-0.39, 0.29) is 17.2 Å². The Morgan fingerprint density at radius 2 is 1.74 bits per heavy atom. The lowest BCUT2D eigenvalue weighted by atomic mass is 10.1. The maximum absolute atomic E-state index is 12.3. The Hall–Kier alpha value is -2.58. The van der Waals surface area contributed by atoms with Gasteiger partial charge in [-0.2, -0.15) is 0 Å². The summed E-state index contributed by atoms with van der Waals surface area (Å²) >= 11 is 0. The van der Waals surface area contributed by atoms with Gasteiger partial charge < -0.3 is 14.8 Å². The molecule has 27 heavy (non-hydrogen) atoms. The lowest BCUT2D eigenvalue weighted by Gasteiger charge is -2.13. The van der Waals surface area contributed by atoms with Gasteiger partial charge in [0.15, 0.2) is 11.5 Å². The number of hydrogen-bond donors (Lipinski definition) is 2. The van der Waals surface area contributed by atoms with Crippen LogP contribution >= 0.6 is 0 Å². The van der Waals surface area contributed by atoms with Crippen molar-refractivity contribution in [3.8, 4) is 11.5 Å². The van der Waals surface area contributed by atoms with Crippen LogP contribution in [0.1, 0.15) is 23.1 Å². The van der Waals surface area contributed by atoms with Crippen LogP contribution in [0.25, 0.3) is 0 Å². The zero-order chi connectivity index (χ0) is 20.2. The molecule has 7 nitrogen and oxygen atoms in total. The standard InChI is InChI=1S/C19H24N2O5S/c1-12-9-15(27(20,23)24)11-16(13(12)2)21-19(22)8-6-14-5-7-17(25-3)18(10-14)26-4/h5,7,9-11H,6,8H2,1-4H3,(H,21,22)(H2,20,23,24). The summed E-state index contributed by atoms with van der Waals surface area (Å²) in [5, 5.41) is 7.97. The van der Waals surface area contributed by atoms with E-state index in [1.807, 2.05) is 19.1 Å². The number of anilines is 1. The zero-order valence-electron chi connectivity index (χ0n) is 15.8.